The Labute approximate surface area is 158 Å². The summed E-state index contributed by atoms with van der Waals surface area (Å²) in [6.45, 7) is 0.777. The second-order valence-electron chi connectivity index (χ2n) is 6.89. The highest BCUT2D eigenvalue weighted by molar-refractivity contribution is 8.00. The molecule has 2 heterocycles. The molecule has 1 aliphatic heterocycles. The summed E-state index contributed by atoms with van der Waals surface area (Å²) >= 11 is 3.51. The number of aliphatic carboxylic acids is 1. The monoisotopic (exact) mass is 377 g/mol. The number of carboxylic acid groups (broad SMARTS) is 1. The topological polar surface area (TPSA) is 40.5 Å². The van der Waals surface area contributed by atoms with E-state index in [1.54, 1.807) is 29.2 Å². The molecule has 1 atom stereocenters. The van der Waals surface area contributed by atoms with E-state index in [9.17, 15) is 9.90 Å². The fraction of sp³-hybridized carbons (Fsp3) is 0.550. The van der Waals surface area contributed by atoms with Crippen LogP contribution in [0.2, 0.25) is 0 Å². The largest absolute Gasteiger partial charge is 0.478 e. The van der Waals surface area contributed by atoms with Gasteiger partial charge in [-0.25, -0.2) is 4.79 Å². The van der Waals surface area contributed by atoms with Gasteiger partial charge in [-0.1, -0.05) is 38.2 Å². The molecule has 3 rings (SSSR count). The van der Waals surface area contributed by atoms with Gasteiger partial charge in [0.25, 0.3) is 0 Å². The minimum Gasteiger partial charge on any atom is -0.478 e. The Balaban J connectivity index is 1.54. The number of carbonyl (C=O) groups is 1. The van der Waals surface area contributed by atoms with E-state index in [0.717, 1.165) is 18.2 Å². The van der Waals surface area contributed by atoms with E-state index in [2.05, 4.69) is 16.3 Å². The van der Waals surface area contributed by atoms with Gasteiger partial charge >= 0.3 is 5.97 Å². The van der Waals surface area contributed by atoms with Crippen molar-refractivity contribution in [3.8, 4) is 0 Å². The Morgan fingerprint density at radius 2 is 2.16 bits per heavy atom. The van der Waals surface area contributed by atoms with Gasteiger partial charge < -0.3 is 10.0 Å². The van der Waals surface area contributed by atoms with Crippen molar-refractivity contribution in [2.75, 3.05) is 5.75 Å². The van der Waals surface area contributed by atoms with Gasteiger partial charge in [-0.15, -0.1) is 23.1 Å². The minimum atomic E-state index is -0.801. The number of thioether (sulfide) groups is 1. The maximum Gasteiger partial charge on any atom is 0.334 e. The highest BCUT2D eigenvalue weighted by Gasteiger charge is 2.27. The van der Waals surface area contributed by atoms with Crippen LogP contribution in [0.4, 0.5) is 0 Å². The third-order valence-electron chi connectivity index (χ3n) is 5.04. The number of hydrogen-bond acceptors (Lipinski definition) is 4. The molecule has 2 aliphatic rings. The fourth-order valence-corrected chi connectivity index (χ4v) is 5.68. The lowest BCUT2D eigenvalue weighted by Gasteiger charge is -2.32. The van der Waals surface area contributed by atoms with Crippen molar-refractivity contribution >= 4 is 29.1 Å². The highest BCUT2D eigenvalue weighted by atomic mass is 32.2. The van der Waals surface area contributed by atoms with Crippen LogP contribution in [0.5, 0.6) is 0 Å². The number of allylic oxidation sites excluding steroid dienone is 2. The molecule has 25 heavy (non-hydrogen) atoms. The Bertz CT molecular complexity index is 603. The average molecular weight is 378 g/mol. The summed E-state index contributed by atoms with van der Waals surface area (Å²) in [5, 5.41) is 11.6. The van der Waals surface area contributed by atoms with Crippen molar-refractivity contribution in [3.05, 3.63) is 46.3 Å². The summed E-state index contributed by atoms with van der Waals surface area (Å²) in [5.41, 5.74) is 0.502. The number of hydrogen-bond donors (Lipinski definition) is 1. The first-order valence-corrected chi connectivity index (χ1v) is 11.2. The molecule has 136 valence electrons. The Morgan fingerprint density at radius 3 is 2.88 bits per heavy atom. The van der Waals surface area contributed by atoms with Crippen LogP contribution in [0, 0.1) is 5.92 Å². The first-order chi connectivity index (χ1) is 12.2. The summed E-state index contributed by atoms with van der Waals surface area (Å²) in [5.74, 6) is 1.13. The molecule has 1 N–H and O–H groups in total. The zero-order valence-electron chi connectivity index (χ0n) is 14.6. The van der Waals surface area contributed by atoms with E-state index >= 15 is 0 Å². The van der Waals surface area contributed by atoms with Crippen molar-refractivity contribution in [1.29, 1.82) is 0 Å². The van der Waals surface area contributed by atoms with Crippen molar-refractivity contribution in [1.82, 2.24) is 4.90 Å². The van der Waals surface area contributed by atoms with Gasteiger partial charge in [0.1, 0.15) is 5.37 Å². The molecule has 0 aromatic carbocycles. The molecule has 1 fully saturated rings. The predicted octanol–water partition coefficient (Wildman–Crippen LogP) is 5.51. The van der Waals surface area contributed by atoms with Crippen LogP contribution in [0.3, 0.4) is 0 Å². The number of rotatable bonds is 8. The van der Waals surface area contributed by atoms with Gasteiger partial charge in [0.2, 0.25) is 0 Å². The lowest BCUT2D eigenvalue weighted by molar-refractivity contribution is -0.133. The fourth-order valence-electron chi connectivity index (χ4n) is 3.72. The van der Waals surface area contributed by atoms with Crippen molar-refractivity contribution in [2.24, 2.45) is 5.92 Å². The van der Waals surface area contributed by atoms with Gasteiger partial charge in [-0.2, -0.15) is 0 Å². The normalized spacial score (nSPS) is 21.4. The van der Waals surface area contributed by atoms with E-state index in [1.165, 1.54) is 49.8 Å². The Kier molecular flexibility index (Phi) is 7.05. The summed E-state index contributed by atoms with van der Waals surface area (Å²) in [4.78, 5) is 15.1. The molecule has 1 unspecified atom stereocenters. The smallest absolute Gasteiger partial charge is 0.334 e. The lowest BCUT2D eigenvalue weighted by Crippen LogP contribution is -2.34. The van der Waals surface area contributed by atoms with Crippen molar-refractivity contribution < 1.29 is 9.90 Å². The predicted molar refractivity (Wildman–Crippen MR) is 107 cm³/mol. The quantitative estimate of drug-likeness (QED) is 0.607. The average Bonchev–Trinajstić information content (AvgIpc) is 3.13. The Hall–Kier alpha value is -1.20. The summed E-state index contributed by atoms with van der Waals surface area (Å²) in [6.07, 6.45) is 15.1. The standard InChI is InChI=1S/C20H27NO2S2/c22-20(23)18-11-4-12-21(15-17-10-6-13-24-17)19(18)25-14-5-9-16-7-2-1-3-8-16/h4,6,10-13,16,19H,1-3,5,7-9,14-15H2,(H,22,23). The summed E-state index contributed by atoms with van der Waals surface area (Å²) < 4.78 is 0. The molecule has 0 saturated heterocycles. The number of carboxylic acids is 1. The second-order valence-corrected chi connectivity index (χ2v) is 9.11. The van der Waals surface area contributed by atoms with Gasteiger partial charge in [-0.05, 0) is 48.1 Å². The van der Waals surface area contributed by atoms with Crippen LogP contribution < -0.4 is 0 Å². The molecule has 0 spiro atoms. The molecule has 5 heteroatoms. The summed E-state index contributed by atoms with van der Waals surface area (Å²) in [6, 6.07) is 4.16. The van der Waals surface area contributed by atoms with Crippen LogP contribution in [-0.4, -0.2) is 27.1 Å². The van der Waals surface area contributed by atoms with E-state index < -0.39 is 5.97 Å². The molecule has 0 amide bonds. The van der Waals surface area contributed by atoms with Crippen LogP contribution in [0.25, 0.3) is 0 Å². The summed E-state index contributed by atoms with van der Waals surface area (Å²) in [7, 11) is 0. The third kappa shape index (κ3) is 5.38. The van der Waals surface area contributed by atoms with E-state index in [0.29, 0.717) is 5.57 Å². The van der Waals surface area contributed by atoms with Crippen LogP contribution in [-0.2, 0) is 11.3 Å². The molecule has 3 nitrogen and oxygen atoms in total. The maximum atomic E-state index is 11.7. The molecule has 1 saturated carbocycles. The van der Waals surface area contributed by atoms with E-state index in [1.807, 2.05) is 18.3 Å². The van der Waals surface area contributed by atoms with Gasteiger partial charge in [0.15, 0.2) is 0 Å². The number of nitrogens with zero attached hydrogens (tertiary/aromatic N) is 1. The number of thiophene rings is 1. The second kappa shape index (κ2) is 9.48. The molecular weight excluding hydrogens is 350 g/mol. The van der Waals surface area contributed by atoms with Crippen molar-refractivity contribution in [3.63, 3.8) is 0 Å². The molecule has 1 aromatic rings. The van der Waals surface area contributed by atoms with Crippen LogP contribution in [0.1, 0.15) is 49.8 Å². The van der Waals surface area contributed by atoms with Gasteiger partial charge in [-0.3, -0.25) is 0 Å². The molecule has 1 aromatic heterocycles. The van der Waals surface area contributed by atoms with Crippen LogP contribution >= 0.6 is 23.1 Å². The molecule has 1 aliphatic carbocycles. The van der Waals surface area contributed by atoms with Crippen molar-refractivity contribution in [2.45, 2.75) is 56.9 Å². The first-order valence-electron chi connectivity index (χ1n) is 9.25. The highest BCUT2D eigenvalue weighted by Crippen LogP contribution is 2.32. The van der Waals surface area contributed by atoms with Gasteiger partial charge in [0.05, 0.1) is 12.1 Å². The lowest BCUT2D eigenvalue weighted by atomic mass is 9.86. The zero-order chi connectivity index (χ0) is 17.5. The van der Waals surface area contributed by atoms with E-state index in [4.69, 9.17) is 0 Å². The zero-order valence-corrected chi connectivity index (χ0v) is 16.2. The first kappa shape index (κ1) is 18.6. The van der Waals surface area contributed by atoms with Crippen LogP contribution in [0.15, 0.2) is 41.4 Å². The Morgan fingerprint density at radius 1 is 1.32 bits per heavy atom. The molecule has 0 bridgehead atoms. The maximum absolute atomic E-state index is 11.7. The molecule has 0 radical (unpaired) electrons. The van der Waals surface area contributed by atoms with Gasteiger partial charge in [0, 0.05) is 11.1 Å². The molecular formula is C20H27NO2S2. The van der Waals surface area contributed by atoms with E-state index in [-0.39, 0.29) is 5.37 Å². The minimum absolute atomic E-state index is 0.0871. The SMILES string of the molecule is O=C(O)C1=CC=CN(Cc2cccs2)C1SCCCC1CCCCC1. The third-order valence-corrected chi connectivity index (χ3v) is 7.27.